The van der Waals surface area contributed by atoms with Gasteiger partial charge in [0.1, 0.15) is 5.75 Å². The number of benzene rings is 1. The topological polar surface area (TPSA) is 21.3 Å². The zero-order valence-corrected chi connectivity index (χ0v) is 11.9. The lowest BCUT2D eigenvalue weighted by molar-refractivity contribution is 0.304. The second-order valence-electron chi connectivity index (χ2n) is 4.76. The third-order valence-electron chi connectivity index (χ3n) is 3.05. The normalized spacial score (nSPS) is 10.6. The molecule has 0 spiro atoms. The second kappa shape index (κ2) is 9.95. The van der Waals surface area contributed by atoms with Crippen molar-refractivity contribution >= 4 is 0 Å². The summed E-state index contributed by atoms with van der Waals surface area (Å²) in [5, 5.41) is 3.17. The number of rotatable bonds is 10. The van der Waals surface area contributed by atoms with E-state index in [0.717, 1.165) is 31.7 Å². The molecule has 0 amide bonds. The molecule has 102 valence electrons. The van der Waals surface area contributed by atoms with E-state index in [9.17, 15) is 0 Å². The minimum absolute atomic E-state index is 0.840. The Morgan fingerprint density at radius 2 is 1.72 bits per heavy atom. The van der Waals surface area contributed by atoms with Crippen molar-refractivity contribution in [3.8, 4) is 5.75 Å². The Labute approximate surface area is 112 Å². The van der Waals surface area contributed by atoms with Crippen LogP contribution in [-0.2, 0) is 6.42 Å². The molecular formula is C16H27NO. The highest BCUT2D eigenvalue weighted by molar-refractivity contribution is 5.27. The highest BCUT2D eigenvalue weighted by Gasteiger charge is 1.95. The van der Waals surface area contributed by atoms with Crippen molar-refractivity contribution in [2.24, 2.45) is 0 Å². The average molecular weight is 249 g/mol. The molecule has 18 heavy (non-hydrogen) atoms. The molecule has 1 aromatic carbocycles. The first-order valence-electron chi connectivity index (χ1n) is 7.23. The summed E-state index contributed by atoms with van der Waals surface area (Å²) < 4.78 is 5.73. The van der Waals surface area contributed by atoms with Gasteiger partial charge in [-0.05, 0) is 50.6 Å². The lowest BCUT2D eigenvalue weighted by Crippen LogP contribution is -2.07. The van der Waals surface area contributed by atoms with E-state index in [2.05, 4.69) is 36.5 Å². The van der Waals surface area contributed by atoms with Gasteiger partial charge in [0.15, 0.2) is 0 Å². The van der Waals surface area contributed by atoms with Crippen LogP contribution in [0.4, 0.5) is 0 Å². The molecule has 0 aliphatic carbocycles. The first-order chi connectivity index (χ1) is 8.86. The molecule has 0 fully saturated rings. The molecule has 0 heterocycles. The van der Waals surface area contributed by atoms with Crippen LogP contribution in [-0.4, -0.2) is 20.2 Å². The van der Waals surface area contributed by atoms with Crippen LogP contribution in [0.3, 0.4) is 0 Å². The Kier molecular flexibility index (Phi) is 8.32. The SMILES string of the molecule is CCCc1ccc(OCCCCCCNC)cc1. The molecule has 1 rings (SSSR count). The van der Waals surface area contributed by atoms with Crippen molar-refractivity contribution in [2.45, 2.75) is 45.4 Å². The van der Waals surface area contributed by atoms with Crippen LogP contribution in [0.15, 0.2) is 24.3 Å². The molecule has 0 radical (unpaired) electrons. The fourth-order valence-corrected chi connectivity index (χ4v) is 1.99. The van der Waals surface area contributed by atoms with Crippen LogP contribution in [0.1, 0.15) is 44.6 Å². The van der Waals surface area contributed by atoms with E-state index in [1.165, 1.54) is 31.2 Å². The molecule has 1 N–H and O–H groups in total. The Morgan fingerprint density at radius 1 is 1.00 bits per heavy atom. The Balaban J connectivity index is 2.08. The molecule has 0 saturated heterocycles. The molecular weight excluding hydrogens is 222 g/mol. The standard InChI is InChI=1S/C16H27NO/c1-3-8-15-9-11-16(12-10-15)18-14-7-5-4-6-13-17-2/h9-12,17H,3-8,13-14H2,1-2H3. The highest BCUT2D eigenvalue weighted by atomic mass is 16.5. The van der Waals surface area contributed by atoms with Crippen LogP contribution < -0.4 is 10.1 Å². The van der Waals surface area contributed by atoms with Gasteiger partial charge < -0.3 is 10.1 Å². The fourth-order valence-electron chi connectivity index (χ4n) is 1.99. The summed E-state index contributed by atoms with van der Waals surface area (Å²) in [5.41, 5.74) is 1.40. The maximum atomic E-state index is 5.73. The molecule has 0 aliphatic heterocycles. The predicted octanol–water partition coefficient (Wildman–Crippen LogP) is 3.80. The first kappa shape index (κ1) is 15.0. The van der Waals surface area contributed by atoms with Gasteiger partial charge in [-0.25, -0.2) is 0 Å². The summed E-state index contributed by atoms with van der Waals surface area (Å²) in [6.45, 7) is 4.17. The van der Waals surface area contributed by atoms with E-state index < -0.39 is 0 Å². The maximum Gasteiger partial charge on any atom is 0.119 e. The number of nitrogens with one attached hydrogen (secondary N) is 1. The van der Waals surface area contributed by atoms with Crippen LogP contribution in [0.25, 0.3) is 0 Å². The minimum atomic E-state index is 0.840. The number of hydrogen-bond donors (Lipinski definition) is 1. The van der Waals surface area contributed by atoms with Crippen LogP contribution in [0.2, 0.25) is 0 Å². The van der Waals surface area contributed by atoms with E-state index in [-0.39, 0.29) is 0 Å². The summed E-state index contributed by atoms with van der Waals surface area (Å²) in [7, 11) is 2.01. The Hall–Kier alpha value is -1.02. The van der Waals surface area contributed by atoms with Crippen LogP contribution in [0.5, 0.6) is 5.75 Å². The van der Waals surface area contributed by atoms with Crippen molar-refractivity contribution in [3.63, 3.8) is 0 Å². The van der Waals surface area contributed by atoms with Gasteiger partial charge >= 0.3 is 0 Å². The molecule has 2 nitrogen and oxygen atoms in total. The quantitative estimate of drug-likeness (QED) is 0.637. The van der Waals surface area contributed by atoms with Gasteiger partial charge in [-0.2, -0.15) is 0 Å². The van der Waals surface area contributed by atoms with Gasteiger partial charge in [-0.3, -0.25) is 0 Å². The van der Waals surface area contributed by atoms with E-state index in [0.29, 0.717) is 0 Å². The van der Waals surface area contributed by atoms with Crippen LogP contribution in [0, 0.1) is 0 Å². The first-order valence-corrected chi connectivity index (χ1v) is 7.23. The summed E-state index contributed by atoms with van der Waals surface area (Å²) in [5.74, 6) is 1.00. The van der Waals surface area contributed by atoms with Gasteiger partial charge in [-0.15, -0.1) is 0 Å². The van der Waals surface area contributed by atoms with Gasteiger partial charge in [-0.1, -0.05) is 38.3 Å². The van der Waals surface area contributed by atoms with Crippen LogP contribution >= 0.6 is 0 Å². The molecule has 0 aliphatic rings. The third-order valence-corrected chi connectivity index (χ3v) is 3.05. The number of aryl methyl sites for hydroxylation is 1. The van der Waals surface area contributed by atoms with E-state index >= 15 is 0 Å². The van der Waals surface area contributed by atoms with Gasteiger partial charge in [0.25, 0.3) is 0 Å². The lowest BCUT2D eigenvalue weighted by atomic mass is 10.1. The lowest BCUT2D eigenvalue weighted by Gasteiger charge is -2.07. The smallest absolute Gasteiger partial charge is 0.119 e. The fraction of sp³-hybridized carbons (Fsp3) is 0.625. The zero-order chi connectivity index (χ0) is 13.1. The van der Waals surface area contributed by atoms with Gasteiger partial charge in [0.05, 0.1) is 6.61 Å². The molecule has 0 atom stereocenters. The van der Waals surface area contributed by atoms with E-state index in [1.54, 1.807) is 0 Å². The summed E-state index contributed by atoms with van der Waals surface area (Å²) in [6.07, 6.45) is 7.33. The summed E-state index contributed by atoms with van der Waals surface area (Å²) in [6, 6.07) is 8.52. The molecule has 0 aromatic heterocycles. The highest BCUT2D eigenvalue weighted by Crippen LogP contribution is 2.14. The van der Waals surface area contributed by atoms with Crippen molar-refractivity contribution < 1.29 is 4.74 Å². The van der Waals surface area contributed by atoms with Crippen molar-refractivity contribution in [1.29, 1.82) is 0 Å². The van der Waals surface area contributed by atoms with Crippen molar-refractivity contribution in [1.82, 2.24) is 5.32 Å². The largest absolute Gasteiger partial charge is 0.494 e. The second-order valence-corrected chi connectivity index (χ2v) is 4.76. The summed E-state index contributed by atoms with van der Waals surface area (Å²) in [4.78, 5) is 0. The van der Waals surface area contributed by atoms with Crippen molar-refractivity contribution in [2.75, 3.05) is 20.2 Å². The van der Waals surface area contributed by atoms with Gasteiger partial charge in [0, 0.05) is 0 Å². The zero-order valence-electron chi connectivity index (χ0n) is 11.9. The average Bonchev–Trinajstić information content (AvgIpc) is 2.40. The number of hydrogen-bond acceptors (Lipinski definition) is 2. The van der Waals surface area contributed by atoms with E-state index in [4.69, 9.17) is 4.74 Å². The Bertz CT molecular complexity index is 294. The van der Waals surface area contributed by atoms with Gasteiger partial charge in [0.2, 0.25) is 0 Å². The maximum absolute atomic E-state index is 5.73. The molecule has 0 unspecified atom stereocenters. The Morgan fingerprint density at radius 3 is 2.39 bits per heavy atom. The molecule has 2 heteroatoms. The third kappa shape index (κ3) is 6.65. The minimum Gasteiger partial charge on any atom is -0.494 e. The predicted molar refractivity (Wildman–Crippen MR) is 78.3 cm³/mol. The monoisotopic (exact) mass is 249 g/mol. The van der Waals surface area contributed by atoms with Crippen molar-refractivity contribution in [3.05, 3.63) is 29.8 Å². The summed E-state index contributed by atoms with van der Waals surface area (Å²) >= 11 is 0. The molecule has 0 saturated carbocycles. The van der Waals surface area contributed by atoms with E-state index in [1.807, 2.05) is 7.05 Å². The number of unbranched alkanes of at least 4 members (excludes halogenated alkanes) is 3. The number of ether oxygens (including phenoxy) is 1. The molecule has 1 aromatic rings. The molecule has 0 bridgehead atoms.